The van der Waals surface area contributed by atoms with E-state index in [4.69, 9.17) is 9.47 Å². The Bertz CT molecular complexity index is 1530. The van der Waals surface area contributed by atoms with E-state index in [0.29, 0.717) is 34.7 Å². The molecule has 0 unspecified atom stereocenters. The van der Waals surface area contributed by atoms with E-state index < -0.39 is 5.56 Å². The summed E-state index contributed by atoms with van der Waals surface area (Å²) in [6, 6.07) is 21.2. The first-order chi connectivity index (χ1) is 17.0. The van der Waals surface area contributed by atoms with Gasteiger partial charge in [-0.2, -0.15) is 5.26 Å². The quantitative estimate of drug-likeness (QED) is 0.390. The molecule has 4 aromatic rings. The molecule has 0 saturated heterocycles. The predicted octanol–water partition coefficient (Wildman–Crippen LogP) is 4.90. The van der Waals surface area contributed by atoms with Crippen LogP contribution in [0.4, 0.5) is 5.69 Å². The van der Waals surface area contributed by atoms with Gasteiger partial charge < -0.3 is 14.6 Å². The lowest BCUT2D eigenvalue weighted by atomic mass is 10.1. The van der Waals surface area contributed by atoms with Crippen LogP contribution in [0.25, 0.3) is 10.8 Å². The van der Waals surface area contributed by atoms with Gasteiger partial charge in [0.1, 0.15) is 11.6 Å². The van der Waals surface area contributed by atoms with Crippen LogP contribution in [-0.2, 0) is 13.0 Å². The summed E-state index contributed by atoms with van der Waals surface area (Å²) in [5.41, 5.74) is 1.76. The molecule has 1 heterocycles. The molecule has 176 valence electrons. The minimum Gasteiger partial charge on any atom is -0.494 e. The van der Waals surface area contributed by atoms with Crippen molar-refractivity contribution in [2.75, 3.05) is 14.2 Å². The Labute approximate surface area is 203 Å². The van der Waals surface area contributed by atoms with Gasteiger partial charge in [0.2, 0.25) is 5.88 Å². The smallest absolute Gasteiger partial charge is 0.271 e. The molecule has 0 fully saturated rings. The Morgan fingerprint density at radius 1 is 1.03 bits per heavy atom. The summed E-state index contributed by atoms with van der Waals surface area (Å²) in [4.78, 5) is 17.5. The molecule has 0 aliphatic rings. The van der Waals surface area contributed by atoms with Gasteiger partial charge in [-0.05, 0) is 59.5 Å². The number of rotatable bonds is 7. The topological polar surface area (TPSA) is 96.8 Å². The second kappa shape index (κ2) is 10.1. The highest BCUT2D eigenvalue weighted by atomic mass is 16.5. The second-order valence-corrected chi connectivity index (χ2v) is 8.03. The van der Waals surface area contributed by atoms with Gasteiger partial charge in [0.25, 0.3) is 5.56 Å². The number of methoxy groups -OCH3 is 2. The van der Waals surface area contributed by atoms with Crippen LogP contribution < -0.4 is 15.0 Å². The van der Waals surface area contributed by atoms with Crippen LogP contribution in [0, 0.1) is 18.3 Å². The molecule has 0 spiro atoms. The van der Waals surface area contributed by atoms with Crippen molar-refractivity contribution in [2.45, 2.75) is 19.9 Å². The van der Waals surface area contributed by atoms with Gasteiger partial charge in [0.05, 0.1) is 25.5 Å². The molecule has 1 N–H and O–H groups in total. The number of fused-ring (bicyclic) bond motifs is 1. The Balaban J connectivity index is 1.69. The molecule has 1 aromatic heterocycles. The zero-order chi connectivity index (χ0) is 24.9. The lowest BCUT2D eigenvalue weighted by molar-refractivity contribution is 0.354. The number of benzene rings is 3. The van der Waals surface area contributed by atoms with Crippen molar-refractivity contribution in [1.82, 2.24) is 4.57 Å². The lowest BCUT2D eigenvalue weighted by Gasteiger charge is -2.15. The molecular formula is C28H25N3O4. The van der Waals surface area contributed by atoms with Crippen molar-refractivity contribution in [3.63, 3.8) is 0 Å². The molecule has 7 heteroatoms. The molecule has 35 heavy (non-hydrogen) atoms. The fraction of sp³-hybridized carbons (Fsp3) is 0.179. The van der Waals surface area contributed by atoms with E-state index in [9.17, 15) is 15.2 Å². The van der Waals surface area contributed by atoms with Crippen LogP contribution in [0.3, 0.4) is 0 Å². The second-order valence-electron chi connectivity index (χ2n) is 8.03. The van der Waals surface area contributed by atoms with Gasteiger partial charge in [0.15, 0.2) is 11.5 Å². The Hall–Kier alpha value is -4.57. The van der Waals surface area contributed by atoms with E-state index in [2.05, 4.69) is 4.99 Å². The molecule has 0 aliphatic carbocycles. The molecule has 3 aromatic carbocycles. The number of aromatic nitrogens is 1. The van der Waals surface area contributed by atoms with Crippen LogP contribution in [-0.4, -0.2) is 30.1 Å². The van der Waals surface area contributed by atoms with Gasteiger partial charge in [-0.15, -0.1) is 0 Å². The molecule has 0 atom stereocenters. The summed E-state index contributed by atoms with van der Waals surface area (Å²) in [7, 11) is 3.12. The van der Waals surface area contributed by atoms with E-state index in [-0.39, 0.29) is 18.0 Å². The minimum atomic E-state index is -0.536. The van der Waals surface area contributed by atoms with Crippen molar-refractivity contribution >= 4 is 22.7 Å². The monoisotopic (exact) mass is 467 g/mol. The maximum absolute atomic E-state index is 13.0. The van der Waals surface area contributed by atoms with Crippen LogP contribution in [0.1, 0.15) is 22.3 Å². The maximum atomic E-state index is 13.0. The molecule has 0 radical (unpaired) electrons. The van der Waals surface area contributed by atoms with E-state index in [1.54, 1.807) is 27.2 Å². The summed E-state index contributed by atoms with van der Waals surface area (Å²) in [5, 5.41) is 22.8. The van der Waals surface area contributed by atoms with Gasteiger partial charge in [-0.1, -0.05) is 36.4 Å². The average molecular weight is 468 g/mol. The highest BCUT2D eigenvalue weighted by Crippen LogP contribution is 2.28. The fourth-order valence-electron chi connectivity index (χ4n) is 4.01. The first-order valence-electron chi connectivity index (χ1n) is 11.1. The SMILES string of the molecule is COc1ccc(CCn2c(O)c(C=Nc3ccc4ccccc4c3)c(C)c(C#N)c2=O)cc1OC. The Morgan fingerprint density at radius 3 is 2.49 bits per heavy atom. The van der Waals surface area contributed by atoms with Gasteiger partial charge >= 0.3 is 0 Å². The van der Waals surface area contributed by atoms with Crippen molar-refractivity contribution < 1.29 is 14.6 Å². The first-order valence-corrected chi connectivity index (χ1v) is 11.1. The molecule has 0 aliphatic heterocycles. The van der Waals surface area contributed by atoms with Crippen LogP contribution >= 0.6 is 0 Å². The number of hydrogen-bond donors (Lipinski definition) is 1. The minimum absolute atomic E-state index is 0.0185. The van der Waals surface area contributed by atoms with Crippen molar-refractivity contribution in [2.24, 2.45) is 4.99 Å². The molecule has 0 saturated carbocycles. The third kappa shape index (κ3) is 4.73. The van der Waals surface area contributed by atoms with E-state index in [1.807, 2.05) is 60.7 Å². The third-order valence-electron chi connectivity index (χ3n) is 5.99. The predicted molar refractivity (Wildman–Crippen MR) is 136 cm³/mol. The van der Waals surface area contributed by atoms with E-state index >= 15 is 0 Å². The number of nitriles is 1. The average Bonchev–Trinajstić information content (AvgIpc) is 2.88. The van der Waals surface area contributed by atoms with Gasteiger partial charge in [-0.3, -0.25) is 14.4 Å². The van der Waals surface area contributed by atoms with Crippen LogP contribution in [0.15, 0.2) is 70.5 Å². The molecular weight excluding hydrogens is 442 g/mol. The van der Waals surface area contributed by atoms with Crippen molar-refractivity contribution in [3.8, 4) is 23.4 Å². The summed E-state index contributed by atoms with van der Waals surface area (Å²) in [6.07, 6.45) is 1.94. The van der Waals surface area contributed by atoms with E-state index in [0.717, 1.165) is 16.3 Å². The number of nitrogens with zero attached hydrogens (tertiary/aromatic N) is 3. The van der Waals surface area contributed by atoms with Crippen molar-refractivity contribution in [3.05, 3.63) is 93.3 Å². The number of pyridine rings is 1. The highest BCUT2D eigenvalue weighted by molar-refractivity contribution is 5.90. The molecule has 0 bridgehead atoms. The van der Waals surface area contributed by atoms with Crippen LogP contribution in [0.5, 0.6) is 17.4 Å². The number of hydrogen-bond acceptors (Lipinski definition) is 6. The van der Waals surface area contributed by atoms with Crippen LogP contribution in [0.2, 0.25) is 0 Å². The Morgan fingerprint density at radius 2 is 1.77 bits per heavy atom. The number of aryl methyl sites for hydroxylation is 1. The molecule has 0 amide bonds. The lowest BCUT2D eigenvalue weighted by Crippen LogP contribution is -2.26. The fourth-order valence-corrected chi connectivity index (χ4v) is 4.01. The standard InChI is InChI=1S/C28H25N3O4/c1-18-23(16-29)27(32)31(13-12-19-8-11-25(34-2)26(14-19)35-3)28(33)24(18)17-30-22-10-9-20-6-4-5-7-21(20)15-22/h4-11,14-15,17,33H,12-13H2,1-3H3. The first kappa shape index (κ1) is 23.6. The zero-order valence-electron chi connectivity index (χ0n) is 19.8. The summed E-state index contributed by atoms with van der Waals surface area (Å²) in [5.74, 6) is 0.952. The van der Waals surface area contributed by atoms with Crippen molar-refractivity contribution in [1.29, 1.82) is 5.26 Å². The zero-order valence-corrected chi connectivity index (χ0v) is 19.8. The normalized spacial score (nSPS) is 11.0. The number of aromatic hydroxyl groups is 1. The van der Waals surface area contributed by atoms with E-state index in [1.165, 1.54) is 10.8 Å². The van der Waals surface area contributed by atoms with Gasteiger partial charge in [-0.25, -0.2) is 0 Å². The summed E-state index contributed by atoms with van der Waals surface area (Å²) < 4.78 is 11.8. The molecule has 4 rings (SSSR count). The number of aliphatic imine (C=N–C) groups is 1. The maximum Gasteiger partial charge on any atom is 0.271 e. The largest absolute Gasteiger partial charge is 0.494 e. The van der Waals surface area contributed by atoms with Gasteiger partial charge in [0, 0.05) is 12.8 Å². The summed E-state index contributed by atoms with van der Waals surface area (Å²) >= 11 is 0. The third-order valence-corrected chi connectivity index (χ3v) is 5.99. The highest BCUT2D eigenvalue weighted by Gasteiger charge is 2.18. The Kier molecular flexibility index (Phi) is 6.83. The molecule has 7 nitrogen and oxygen atoms in total. The summed E-state index contributed by atoms with van der Waals surface area (Å²) in [6.45, 7) is 1.81. The number of ether oxygens (including phenoxy) is 2.